The molecule has 0 aliphatic carbocycles. The van der Waals surface area contributed by atoms with Gasteiger partial charge in [0.2, 0.25) is 5.95 Å². The number of nitrogen functional groups attached to an aromatic ring is 1. The first-order valence-corrected chi connectivity index (χ1v) is 6.16. The number of rotatable bonds is 3. The molecular weight excluding hydrogens is 230 g/mol. The van der Waals surface area contributed by atoms with Crippen molar-refractivity contribution in [2.45, 2.75) is 18.9 Å². The lowest BCUT2D eigenvalue weighted by Crippen LogP contribution is -2.29. The first-order valence-electron chi connectivity index (χ1n) is 6.16. The molecule has 0 amide bonds. The van der Waals surface area contributed by atoms with Crippen molar-refractivity contribution < 1.29 is 0 Å². The van der Waals surface area contributed by atoms with E-state index in [1.54, 1.807) is 10.9 Å². The van der Waals surface area contributed by atoms with E-state index >= 15 is 0 Å². The zero-order chi connectivity index (χ0) is 12.5. The summed E-state index contributed by atoms with van der Waals surface area (Å²) >= 11 is 0. The van der Waals surface area contributed by atoms with Crippen molar-refractivity contribution >= 4 is 22.8 Å². The van der Waals surface area contributed by atoms with Gasteiger partial charge in [-0.25, -0.2) is 0 Å². The van der Waals surface area contributed by atoms with Crippen molar-refractivity contribution in [3.63, 3.8) is 0 Å². The van der Waals surface area contributed by atoms with Crippen molar-refractivity contribution in [2.75, 3.05) is 24.1 Å². The zero-order valence-electron chi connectivity index (χ0n) is 10.3. The van der Waals surface area contributed by atoms with E-state index in [-0.39, 0.29) is 0 Å². The number of fused-ring (bicyclic) bond motifs is 1. The third kappa shape index (κ3) is 1.97. The highest BCUT2D eigenvalue weighted by molar-refractivity contribution is 5.86. The third-order valence-corrected chi connectivity index (χ3v) is 3.29. The van der Waals surface area contributed by atoms with E-state index in [4.69, 9.17) is 5.73 Å². The second kappa shape index (κ2) is 4.41. The molecule has 1 aliphatic heterocycles. The number of aromatic nitrogens is 4. The van der Waals surface area contributed by atoms with Crippen LogP contribution in [0.3, 0.4) is 0 Å². The Labute approximate surface area is 105 Å². The summed E-state index contributed by atoms with van der Waals surface area (Å²) < 4.78 is 1.70. The maximum Gasteiger partial charge on any atom is 0.226 e. The van der Waals surface area contributed by atoms with E-state index in [1.165, 1.54) is 12.8 Å². The molecule has 1 saturated heterocycles. The molecule has 2 aromatic heterocycles. The molecule has 18 heavy (non-hydrogen) atoms. The Hall–Kier alpha value is -1.89. The number of hydrogen-bond donors (Lipinski definition) is 3. The Kier molecular flexibility index (Phi) is 2.75. The fourth-order valence-electron chi connectivity index (χ4n) is 2.27. The molecule has 0 aromatic carbocycles. The molecule has 7 nitrogen and oxygen atoms in total. The van der Waals surface area contributed by atoms with Gasteiger partial charge in [0, 0.05) is 19.6 Å². The average Bonchev–Trinajstić information content (AvgIpc) is 2.98. The Morgan fingerprint density at radius 3 is 3.22 bits per heavy atom. The van der Waals surface area contributed by atoms with Gasteiger partial charge in [-0.05, 0) is 19.4 Å². The van der Waals surface area contributed by atoms with Crippen LogP contribution in [-0.4, -0.2) is 38.9 Å². The lowest BCUT2D eigenvalue weighted by molar-refractivity contribution is 0.631. The van der Waals surface area contributed by atoms with Crippen LogP contribution < -0.4 is 16.4 Å². The quantitative estimate of drug-likeness (QED) is 0.712. The van der Waals surface area contributed by atoms with Gasteiger partial charge in [0.05, 0.1) is 11.6 Å². The minimum atomic E-state index is 0.468. The summed E-state index contributed by atoms with van der Waals surface area (Å²) in [5, 5.41) is 11.6. The normalized spacial score (nSPS) is 19.5. The van der Waals surface area contributed by atoms with Gasteiger partial charge < -0.3 is 16.4 Å². The topological polar surface area (TPSA) is 93.7 Å². The molecule has 3 heterocycles. The van der Waals surface area contributed by atoms with Crippen molar-refractivity contribution in [3.8, 4) is 0 Å². The van der Waals surface area contributed by atoms with Crippen LogP contribution in [0.4, 0.5) is 11.8 Å². The van der Waals surface area contributed by atoms with Crippen LogP contribution in [-0.2, 0) is 7.05 Å². The fraction of sp³-hybridized carbons (Fsp3) is 0.545. The van der Waals surface area contributed by atoms with Crippen LogP contribution in [0, 0.1) is 0 Å². The van der Waals surface area contributed by atoms with Crippen LogP contribution in [0.2, 0.25) is 0 Å². The van der Waals surface area contributed by atoms with Gasteiger partial charge >= 0.3 is 0 Å². The average molecular weight is 247 g/mol. The molecule has 2 aromatic rings. The SMILES string of the molecule is Cn1ncc2c(N)nc(NCC3CCCN3)nc21. The van der Waals surface area contributed by atoms with E-state index in [9.17, 15) is 0 Å². The zero-order valence-corrected chi connectivity index (χ0v) is 10.3. The highest BCUT2D eigenvalue weighted by Gasteiger charge is 2.15. The van der Waals surface area contributed by atoms with Crippen LogP contribution in [0.15, 0.2) is 6.20 Å². The highest BCUT2D eigenvalue weighted by Crippen LogP contribution is 2.18. The van der Waals surface area contributed by atoms with Crippen molar-refractivity contribution in [2.24, 2.45) is 7.05 Å². The van der Waals surface area contributed by atoms with Gasteiger partial charge in [0.15, 0.2) is 5.65 Å². The van der Waals surface area contributed by atoms with Gasteiger partial charge in [-0.3, -0.25) is 4.68 Å². The largest absolute Gasteiger partial charge is 0.383 e. The first kappa shape index (κ1) is 11.2. The second-order valence-corrected chi connectivity index (χ2v) is 4.61. The van der Waals surface area contributed by atoms with E-state index < -0.39 is 0 Å². The third-order valence-electron chi connectivity index (χ3n) is 3.29. The Morgan fingerprint density at radius 2 is 2.44 bits per heavy atom. The molecule has 1 fully saturated rings. The molecule has 1 atom stereocenters. The summed E-state index contributed by atoms with van der Waals surface area (Å²) in [5.74, 6) is 1.03. The molecule has 0 radical (unpaired) electrons. The molecule has 4 N–H and O–H groups in total. The van der Waals surface area contributed by atoms with Gasteiger partial charge in [-0.15, -0.1) is 0 Å². The monoisotopic (exact) mass is 247 g/mol. The highest BCUT2D eigenvalue weighted by atomic mass is 15.3. The Balaban J connectivity index is 1.81. The molecule has 3 rings (SSSR count). The summed E-state index contributed by atoms with van der Waals surface area (Å²) in [4.78, 5) is 8.68. The van der Waals surface area contributed by atoms with E-state index in [1.807, 2.05) is 7.05 Å². The van der Waals surface area contributed by atoms with Crippen LogP contribution in [0.5, 0.6) is 0 Å². The lowest BCUT2D eigenvalue weighted by Gasteiger charge is -2.11. The summed E-state index contributed by atoms with van der Waals surface area (Å²) in [5.41, 5.74) is 6.65. The molecule has 96 valence electrons. The summed E-state index contributed by atoms with van der Waals surface area (Å²) in [6.45, 7) is 1.92. The summed E-state index contributed by atoms with van der Waals surface area (Å²) in [6.07, 6.45) is 4.11. The number of hydrogen-bond acceptors (Lipinski definition) is 6. The number of anilines is 2. The maximum absolute atomic E-state index is 5.89. The Morgan fingerprint density at radius 1 is 1.56 bits per heavy atom. The number of nitrogens with two attached hydrogens (primary N) is 1. The molecule has 0 saturated carbocycles. The first-order chi connectivity index (χ1) is 8.74. The molecule has 7 heteroatoms. The standard InChI is InChI=1S/C11H17N7/c1-18-10-8(6-15-18)9(12)16-11(17-10)14-5-7-3-2-4-13-7/h6-7,13H,2-5H2,1H3,(H3,12,14,16,17). The summed E-state index contributed by atoms with van der Waals surface area (Å²) in [6, 6.07) is 0.497. The van der Waals surface area contributed by atoms with Gasteiger partial charge in [0.1, 0.15) is 5.82 Å². The lowest BCUT2D eigenvalue weighted by atomic mass is 10.2. The minimum Gasteiger partial charge on any atom is -0.383 e. The van der Waals surface area contributed by atoms with Crippen LogP contribution in [0.25, 0.3) is 11.0 Å². The minimum absolute atomic E-state index is 0.468. The predicted molar refractivity (Wildman–Crippen MR) is 70.2 cm³/mol. The fourth-order valence-corrected chi connectivity index (χ4v) is 2.27. The van der Waals surface area contributed by atoms with Crippen LogP contribution in [0.1, 0.15) is 12.8 Å². The maximum atomic E-state index is 5.89. The van der Waals surface area contributed by atoms with Crippen molar-refractivity contribution in [1.29, 1.82) is 0 Å². The van der Waals surface area contributed by atoms with Crippen LogP contribution >= 0.6 is 0 Å². The van der Waals surface area contributed by atoms with Gasteiger partial charge in [-0.2, -0.15) is 15.1 Å². The smallest absolute Gasteiger partial charge is 0.226 e. The molecule has 0 spiro atoms. The number of nitrogens with zero attached hydrogens (tertiary/aromatic N) is 4. The number of nitrogens with one attached hydrogen (secondary N) is 2. The molecule has 0 bridgehead atoms. The summed E-state index contributed by atoms with van der Waals surface area (Å²) in [7, 11) is 1.84. The van der Waals surface area contributed by atoms with E-state index in [2.05, 4.69) is 25.7 Å². The van der Waals surface area contributed by atoms with E-state index in [0.29, 0.717) is 17.8 Å². The van der Waals surface area contributed by atoms with Crippen molar-refractivity contribution in [3.05, 3.63) is 6.20 Å². The predicted octanol–water partition coefficient (Wildman–Crippen LogP) is 0.109. The molecule has 1 unspecified atom stereocenters. The van der Waals surface area contributed by atoms with Gasteiger partial charge in [0.25, 0.3) is 0 Å². The Bertz CT molecular complexity index is 556. The number of aryl methyl sites for hydroxylation is 1. The second-order valence-electron chi connectivity index (χ2n) is 4.61. The van der Waals surface area contributed by atoms with Crippen molar-refractivity contribution in [1.82, 2.24) is 25.1 Å². The molecular formula is C11H17N7. The molecule has 1 aliphatic rings. The van der Waals surface area contributed by atoms with E-state index in [0.717, 1.165) is 24.1 Å². The van der Waals surface area contributed by atoms with Gasteiger partial charge in [-0.1, -0.05) is 0 Å².